The maximum atomic E-state index is 12.9. The standard InChI is InChI=1S/C16H19N3O6S.CH2O2/c20-15(9-18-5-6-24-16(18)21)17-11-7-12-10-25-13-3-1-2-4-14(13)26(22,23)19(12)8-11;2-1-3/h1-4,11-12H,5-10H2,(H,17,20);1H,(H,2,3)/t11-,12-;/m0./s1. The maximum absolute atomic E-state index is 12.9. The molecule has 12 heteroatoms. The van der Waals surface area contributed by atoms with Crippen LogP contribution < -0.4 is 10.1 Å². The number of carboxylic acid groups (broad SMARTS) is 1. The summed E-state index contributed by atoms with van der Waals surface area (Å²) in [5, 5.41) is 9.70. The number of cyclic esters (lactones) is 1. The summed E-state index contributed by atoms with van der Waals surface area (Å²) in [7, 11) is -3.68. The topological polar surface area (TPSA) is 143 Å². The van der Waals surface area contributed by atoms with Gasteiger partial charge in [-0.1, -0.05) is 12.1 Å². The van der Waals surface area contributed by atoms with Gasteiger partial charge in [0.25, 0.3) is 6.47 Å². The maximum Gasteiger partial charge on any atom is 0.410 e. The third-order valence-electron chi connectivity index (χ3n) is 4.78. The van der Waals surface area contributed by atoms with Crippen molar-refractivity contribution >= 4 is 28.5 Å². The third kappa shape index (κ3) is 4.43. The zero-order valence-corrected chi connectivity index (χ0v) is 16.2. The van der Waals surface area contributed by atoms with E-state index in [1.165, 1.54) is 15.3 Å². The smallest absolute Gasteiger partial charge is 0.410 e. The van der Waals surface area contributed by atoms with Crippen molar-refractivity contribution in [2.45, 2.75) is 23.4 Å². The molecule has 0 bridgehead atoms. The molecule has 2 fully saturated rings. The van der Waals surface area contributed by atoms with Crippen LogP contribution in [0.15, 0.2) is 29.2 Å². The van der Waals surface area contributed by atoms with E-state index in [1.807, 2.05) is 0 Å². The van der Waals surface area contributed by atoms with Crippen LogP contribution in [0.25, 0.3) is 0 Å². The van der Waals surface area contributed by atoms with Crippen LogP contribution in [0.3, 0.4) is 0 Å². The van der Waals surface area contributed by atoms with Gasteiger partial charge in [0.1, 0.15) is 30.4 Å². The Morgan fingerprint density at radius 1 is 1.31 bits per heavy atom. The van der Waals surface area contributed by atoms with E-state index in [0.717, 1.165) is 0 Å². The first-order chi connectivity index (χ1) is 13.9. The predicted octanol–water partition coefficient (Wildman–Crippen LogP) is -0.520. The van der Waals surface area contributed by atoms with Crippen LogP contribution >= 0.6 is 0 Å². The molecule has 0 aromatic heterocycles. The van der Waals surface area contributed by atoms with E-state index in [2.05, 4.69) is 5.32 Å². The lowest BCUT2D eigenvalue weighted by Crippen LogP contribution is -2.44. The summed E-state index contributed by atoms with van der Waals surface area (Å²) in [6.07, 6.45) is -0.0447. The molecular formula is C17H21N3O8S. The Kier molecular flexibility index (Phi) is 6.23. The number of para-hydroxylation sites is 1. The van der Waals surface area contributed by atoms with Crippen molar-refractivity contribution in [1.82, 2.24) is 14.5 Å². The number of ether oxygens (including phenoxy) is 2. The number of hydrogen-bond donors (Lipinski definition) is 2. The Hall–Kier alpha value is -2.86. The molecule has 2 atom stereocenters. The van der Waals surface area contributed by atoms with Crippen LogP contribution in [0.5, 0.6) is 5.75 Å². The van der Waals surface area contributed by atoms with Gasteiger partial charge in [-0.15, -0.1) is 0 Å². The van der Waals surface area contributed by atoms with Crippen molar-refractivity contribution < 1.29 is 37.4 Å². The summed E-state index contributed by atoms with van der Waals surface area (Å²) >= 11 is 0. The highest BCUT2D eigenvalue weighted by molar-refractivity contribution is 7.89. The van der Waals surface area contributed by atoms with Crippen molar-refractivity contribution in [3.8, 4) is 5.75 Å². The molecule has 3 aliphatic rings. The molecule has 158 valence electrons. The highest BCUT2D eigenvalue weighted by Crippen LogP contribution is 2.35. The summed E-state index contributed by atoms with van der Waals surface area (Å²) in [5.41, 5.74) is 0. The number of carbonyl (C=O) groups is 3. The second kappa shape index (κ2) is 8.66. The largest absolute Gasteiger partial charge is 0.490 e. The number of nitrogens with zero attached hydrogens (tertiary/aromatic N) is 2. The summed E-state index contributed by atoms with van der Waals surface area (Å²) in [4.78, 5) is 33.4. The molecule has 29 heavy (non-hydrogen) atoms. The quantitative estimate of drug-likeness (QED) is 0.614. The van der Waals surface area contributed by atoms with Crippen LogP contribution in [0.4, 0.5) is 4.79 Å². The van der Waals surface area contributed by atoms with Gasteiger partial charge >= 0.3 is 6.09 Å². The Balaban J connectivity index is 0.000000755. The first kappa shape index (κ1) is 20.9. The van der Waals surface area contributed by atoms with Gasteiger partial charge in [0.05, 0.1) is 12.6 Å². The molecule has 2 amide bonds. The number of hydrogen-bond acceptors (Lipinski definition) is 7. The van der Waals surface area contributed by atoms with Crippen LogP contribution in [-0.2, 0) is 24.3 Å². The average molecular weight is 427 g/mol. The van der Waals surface area contributed by atoms with Crippen molar-refractivity contribution in [2.24, 2.45) is 0 Å². The van der Waals surface area contributed by atoms with Gasteiger partial charge in [-0.2, -0.15) is 4.31 Å². The van der Waals surface area contributed by atoms with E-state index in [1.54, 1.807) is 18.2 Å². The van der Waals surface area contributed by atoms with Crippen molar-refractivity contribution in [3.05, 3.63) is 24.3 Å². The summed E-state index contributed by atoms with van der Waals surface area (Å²) < 4.78 is 37.7. The average Bonchev–Trinajstić information content (AvgIpc) is 3.25. The minimum Gasteiger partial charge on any atom is -0.490 e. The minimum atomic E-state index is -3.68. The number of carbonyl (C=O) groups excluding carboxylic acids is 2. The number of amides is 2. The molecular weight excluding hydrogens is 406 g/mol. The van der Waals surface area contributed by atoms with Gasteiger partial charge in [0.15, 0.2) is 0 Å². The molecule has 11 nitrogen and oxygen atoms in total. The molecule has 0 radical (unpaired) electrons. The Morgan fingerprint density at radius 3 is 2.72 bits per heavy atom. The molecule has 3 heterocycles. The van der Waals surface area contributed by atoms with Crippen LogP contribution in [0.1, 0.15) is 6.42 Å². The van der Waals surface area contributed by atoms with Crippen molar-refractivity contribution in [1.29, 1.82) is 0 Å². The van der Waals surface area contributed by atoms with Crippen molar-refractivity contribution in [2.75, 3.05) is 32.8 Å². The molecule has 0 unspecified atom stereocenters. The van der Waals surface area contributed by atoms with E-state index in [0.29, 0.717) is 18.7 Å². The van der Waals surface area contributed by atoms with Gasteiger partial charge < -0.3 is 19.9 Å². The van der Waals surface area contributed by atoms with Gasteiger partial charge in [0, 0.05) is 12.6 Å². The first-order valence-electron chi connectivity index (χ1n) is 8.89. The third-order valence-corrected chi connectivity index (χ3v) is 6.73. The molecule has 2 N–H and O–H groups in total. The lowest BCUT2D eigenvalue weighted by atomic mass is 10.2. The molecule has 0 spiro atoms. The highest BCUT2D eigenvalue weighted by atomic mass is 32.2. The van der Waals surface area contributed by atoms with E-state index >= 15 is 0 Å². The fourth-order valence-electron chi connectivity index (χ4n) is 3.55. The van der Waals surface area contributed by atoms with Crippen LogP contribution in [-0.4, -0.2) is 86.1 Å². The number of sulfonamides is 1. The molecule has 0 saturated carbocycles. The number of rotatable bonds is 3. The Labute approximate surface area is 167 Å². The van der Waals surface area contributed by atoms with Crippen molar-refractivity contribution in [3.63, 3.8) is 0 Å². The minimum absolute atomic E-state index is 0.0912. The number of fused-ring (bicyclic) bond motifs is 2. The normalized spacial score (nSPS) is 24.7. The van der Waals surface area contributed by atoms with E-state index in [-0.39, 0.29) is 55.7 Å². The van der Waals surface area contributed by atoms with Gasteiger partial charge in [-0.25, -0.2) is 13.2 Å². The second-order valence-electron chi connectivity index (χ2n) is 6.63. The highest BCUT2D eigenvalue weighted by Gasteiger charge is 2.44. The van der Waals surface area contributed by atoms with E-state index < -0.39 is 16.1 Å². The van der Waals surface area contributed by atoms with Gasteiger partial charge in [0.2, 0.25) is 15.9 Å². The van der Waals surface area contributed by atoms with Crippen LogP contribution in [0, 0.1) is 0 Å². The molecule has 1 aromatic carbocycles. The van der Waals surface area contributed by atoms with Crippen LogP contribution in [0.2, 0.25) is 0 Å². The lowest BCUT2D eigenvalue weighted by molar-refractivity contribution is -0.123. The second-order valence-corrected chi connectivity index (χ2v) is 8.49. The number of nitrogens with one attached hydrogen (secondary N) is 1. The Bertz CT molecular complexity index is 890. The molecule has 3 aliphatic heterocycles. The molecule has 4 rings (SSSR count). The number of benzene rings is 1. The van der Waals surface area contributed by atoms with Gasteiger partial charge in [-0.3, -0.25) is 14.5 Å². The monoisotopic (exact) mass is 427 g/mol. The first-order valence-corrected chi connectivity index (χ1v) is 10.3. The molecule has 1 aromatic rings. The zero-order valence-electron chi connectivity index (χ0n) is 15.4. The fourth-order valence-corrected chi connectivity index (χ4v) is 5.35. The SMILES string of the molecule is O=C(CN1CCOC1=O)N[C@H]1C[C@H]2COc3ccccc3S(=O)(=O)N2C1.O=CO. The Morgan fingerprint density at radius 2 is 2.03 bits per heavy atom. The van der Waals surface area contributed by atoms with E-state index in [9.17, 15) is 18.0 Å². The predicted molar refractivity (Wildman–Crippen MR) is 97.8 cm³/mol. The van der Waals surface area contributed by atoms with Gasteiger partial charge in [-0.05, 0) is 18.6 Å². The summed E-state index contributed by atoms with van der Waals surface area (Å²) in [5.74, 6) is 0.0280. The zero-order chi connectivity index (χ0) is 21.0. The summed E-state index contributed by atoms with van der Waals surface area (Å²) in [6, 6.07) is 5.90. The lowest BCUT2D eigenvalue weighted by Gasteiger charge is -2.19. The molecule has 2 saturated heterocycles. The summed E-state index contributed by atoms with van der Waals surface area (Å²) in [6.45, 7) is 0.735. The van der Waals surface area contributed by atoms with E-state index in [4.69, 9.17) is 19.4 Å². The fraction of sp³-hybridized carbons (Fsp3) is 0.471. The molecule has 0 aliphatic carbocycles.